The van der Waals surface area contributed by atoms with E-state index in [0.29, 0.717) is 30.6 Å². The molecule has 8 heteroatoms. The number of ether oxygens (including phenoxy) is 1. The second-order valence-corrected chi connectivity index (χ2v) is 9.02. The van der Waals surface area contributed by atoms with Crippen molar-refractivity contribution in [1.29, 1.82) is 0 Å². The fraction of sp³-hybridized carbons (Fsp3) is 0.524. The molecule has 1 aliphatic heterocycles. The number of hydrogen-bond donors (Lipinski definition) is 2. The van der Waals surface area contributed by atoms with Crippen LogP contribution in [0.5, 0.6) is 5.75 Å². The van der Waals surface area contributed by atoms with Gasteiger partial charge in [-0.2, -0.15) is 0 Å². The van der Waals surface area contributed by atoms with Gasteiger partial charge in [-0.15, -0.1) is 0 Å². The van der Waals surface area contributed by atoms with Crippen molar-refractivity contribution in [2.75, 3.05) is 14.2 Å². The molecule has 8 nitrogen and oxygen atoms in total. The summed E-state index contributed by atoms with van der Waals surface area (Å²) in [6, 6.07) is 6.47. The molecule has 2 unspecified atom stereocenters. The molecule has 1 heterocycles. The number of carbonyl (C=O) groups excluding carboxylic acids is 4. The van der Waals surface area contributed by atoms with Crippen LogP contribution in [-0.4, -0.2) is 42.7 Å². The van der Waals surface area contributed by atoms with Gasteiger partial charge in [0, 0.05) is 23.4 Å². The van der Waals surface area contributed by atoms with Crippen molar-refractivity contribution in [3.8, 4) is 5.75 Å². The quantitative estimate of drug-likeness (QED) is 0.592. The van der Waals surface area contributed by atoms with Crippen LogP contribution in [0.25, 0.3) is 0 Å². The Morgan fingerprint density at radius 2 is 1.45 bits per heavy atom. The number of hydrogen-bond acceptors (Lipinski definition) is 5. The summed E-state index contributed by atoms with van der Waals surface area (Å²) in [6.07, 6.45) is 1.02. The smallest absolute Gasteiger partial charge is 0.269 e. The Morgan fingerprint density at radius 3 is 1.93 bits per heavy atom. The summed E-state index contributed by atoms with van der Waals surface area (Å²) in [4.78, 5) is 51.9. The van der Waals surface area contributed by atoms with Crippen LogP contribution >= 0.6 is 0 Å². The zero-order chi connectivity index (χ0) is 21.6. The largest absolute Gasteiger partial charge is 0.497 e. The summed E-state index contributed by atoms with van der Waals surface area (Å²) in [5, 5.41) is 0. The highest BCUT2D eigenvalue weighted by Gasteiger charge is 2.62. The lowest BCUT2D eigenvalue weighted by Gasteiger charge is -2.55. The van der Waals surface area contributed by atoms with E-state index >= 15 is 0 Å². The molecule has 1 aromatic carbocycles. The van der Waals surface area contributed by atoms with Gasteiger partial charge in [0.25, 0.3) is 5.91 Å². The van der Waals surface area contributed by atoms with Crippen molar-refractivity contribution in [2.24, 2.45) is 16.2 Å². The van der Waals surface area contributed by atoms with E-state index in [-0.39, 0.29) is 11.8 Å². The zero-order valence-electron chi connectivity index (χ0n) is 17.4. The lowest BCUT2D eigenvalue weighted by atomic mass is 9.51. The third-order valence-electron chi connectivity index (χ3n) is 6.17. The number of nitrogens with one attached hydrogen (secondary N) is 2. The maximum absolute atomic E-state index is 13.0. The summed E-state index contributed by atoms with van der Waals surface area (Å²) < 4.78 is 5.06. The first-order valence-corrected chi connectivity index (χ1v) is 9.52. The highest BCUT2D eigenvalue weighted by Crippen LogP contribution is 2.58. The molecular formula is C21H27N3O5. The van der Waals surface area contributed by atoms with Crippen LogP contribution in [0.2, 0.25) is 0 Å². The standard InChI is InChI=1S/C21H27N3O5/c1-19(10-20(2)12-21(3,11-19)18(28)24(4)17(20)27)16(26)23-22-15(25)13-6-8-14(29-5)9-7-13/h6-9H,10-12H2,1-5H3,(H,22,25)(H,23,26). The molecule has 2 fully saturated rings. The molecule has 2 aliphatic rings. The van der Waals surface area contributed by atoms with Gasteiger partial charge in [0.15, 0.2) is 0 Å². The van der Waals surface area contributed by atoms with Crippen LogP contribution < -0.4 is 15.6 Å². The molecule has 2 N–H and O–H groups in total. The van der Waals surface area contributed by atoms with Gasteiger partial charge in [-0.25, -0.2) is 0 Å². The fourth-order valence-corrected chi connectivity index (χ4v) is 5.21. The molecule has 0 radical (unpaired) electrons. The van der Waals surface area contributed by atoms with Gasteiger partial charge >= 0.3 is 0 Å². The number of imide groups is 1. The van der Waals surface area contributed by atoms with Crippen molar-refractivity contribution >= 4 is 23.6 Å². The minimum absolute atomic E-state index is 0.263. The molecular weight excluding hydrogens is 374 g/mol. The second kappa shape index (κ2) is 6.86. The first kappa shape index (κ1) is 20.8. The Hall–Kier alpha value is -2.90. The molecule has 0 aromatic heterocycles. The number of nitrogens with zero attached hydrogens (tertiary/aromatic N) is 1. The first-order valence-electron chi connectivity index (χ1n) is 9.52. The van der Waals surface area contributed by atoms with Crippen LogP contribution in [0.3, 0.4) is 0 Å². The molecule has 2 atom stereocenters. The Kier molecular flexibility index (Phi) is 4.93. The molecule has 1 aromatic rings. The predicted molar refractivity (Wildman–Crippen MR) is 105 cm³/mol. The van der Waals surface area contributed by atoms with Crippen LogP contribution in [0, 0.1) is 16.2 Å². The maximum atomic E-state index is 13.0. The van der Waals surface area contributed by atoms with Gasteiger partial charge in [-0.3, -0.25) is 34.9 Å². The summed E-state index contributed by atoms with van der Waals surface area (Å²) in [5.41, 5.74) is 2.68. The summed E-state index contributed by atoms with van der Waals surface area (Å²) in [7, 11) is 3.03. The average Bonchev–Trinajstić information content (AvgIpc) is 2.68. The normalized spacial score (nSPS) is 31.3. The van der Waals surface area contributed by atoms with Gasteiger partial charge in [-0.1, -0.05) is 20.8 Å². The van der Waals surface area contributed by atoms with Gasteiger partial charge in [0.2, 0.25) is 17.7 Å². The van der Waals surface area contributed by atoms with Gasteiger partial charge < -0.3 is 4.74 Å². The van der Waals surface area contributed by atoms with Crippen LogP contribution in [-0.2, 0) is 14.4 Å². The van der Waals surface area contributed by atoms with E-state index in [4.69, 9.17) is 4.74 Å². The number of likely N-dealkylation sites (tertiary alicyclic amines) is 1. The van der Waals surface area contributed by atoms with E-state index in [0.717, 1.165) is 0 Å². The molecule has 1 saturated carbocycles. The third-order valence-corrected chi connectivity index (χ3v) is 6.17. The van der Waals surface area contributed by atoms with E-state index in [2.05, 4.69) is 10.9 Å². The van der Waals surface area contributed by atoms with Crippen LogP contribution in [0.15, 0.2) is 24.3 Å². The number of rotatable bonds is 3. The minimum Gasteiger partial charge on any atom is -0.497 e. The molecule has 1 aliphatic carbocycles. The maximum Gasteiger partial charge on any atom is 0.269 e. The highest BCUT2D eigenvalue weighted by molar-refractivity contribution is 6.04. The Balaban J connectivity index is 1.74. The molecule has 1 saturated heterocycles. The van der Waals surface area contributed by atoms with E-state index in [1.165, 1.54) is 19.1 Å². The average molecular weight is 401 g/mol. The predicted octanol–water partition coefficient (Wildman–Crippen LogP) is 1.66. The SMILES string of the molecule is COc1ccc(C(=O)NNC(=O)C2(C)CC3(C)CC(C)(C2)C(=O)N(C)C3=O)cc1. The van der Waals surface area contributed by atoms with Crippen molar-refractivity contribution in [3.05, 3.63) is 29.8 Å². The summed E-state index contributed by atoms with van der Waals surface area (Å²) >= 11 is 0. The second-order valence-electron chi connectivity index (χ2n) is 9.02. The lowest BCUT2D eigenvalue weighted by Crippen LogP contribution is -2.64. The third kappa shape index (κ3) is 3.47. The van der Waals surface area contributed by atoms with Gasteiger partial charge in [-0.05, 0) is 43.5 Å². The fourth-order valence-electron chi connectivity index (χ4n) is 5.21. The van der Waals surface area contributed by atoms with Crippen molar-refractivity contribution in [2.45, 2.75) is 40.0 Å². The number of benzene rings is 1. The van der Waals surface area contributed by atoms with Crippen molar-refractivity contribution < 1.29 is 23.9 Å². The summed E-state index contributed by atoms with van der Waals surface area (Å²) in [6.45, 7) is 5.34. The highest BCUT2D eigenvalue weighted by atomic mass is 16.5. The van der Waals surface area contributed by atoms with E-state index in [1.807, 2.05) is 0 Å². The number of carbonyl (C=O) groups is 4. The Bertz CT molecular complexity index is 851. The molecule has 156 valence electrons. The van der Waals surface area contributed by atoms with Gasteiger partial charge in [0.1, 0.15) is 5.75 Å². The zero-order valence-corrected chi connectivity index (χ0v) is 17.4. The topological polar surface area (TPSA) is 105 Å². The Morgan fingerprint density at radius 1 is 0.931 bits per heavy atom. The van der Waals surface area contributed by atoms with Crippen LogP contribution in [0.1, 0.15) is 50.4 Å². The number of hydrazine groups is 1. The number of amides is 4. The molecule has 3 rings (SSSR count). The van der Waals surface area contributed by atoms with E-state index in [1.54, 1.807) is 45.0 Å². The van der Waals surface area contributed by atoms with Crippen LogP contribution in [0.4, 0.5) is 0 Å². The number of methoxy groups -OCH3 is 1. The lowest BCUT2D eigenvalue weighted by molar-refractivity contribution is -0.178. The van der Waals surface area contributed by atoms with Crippen molar-refractivity contribution in [3.63, 3.8) is 0 Å². The monoisotopic (exact) mass is 401 g/mol. The number of piperidine rings is 1. The van der Waals surface area contributed by atoms with Crippen molar-refractivity contribution in [1.82, 2.24) is 15.8 Å². The summed E-state index contributed by atoms with van der Waals surface area (Å²) in [5.74, 6) is -0.791. The first-order chi connectivity index (χ1) is 13.4. The van der Waals surface area contributed by atoms with Gasteiger partial charge in [0.05, 0.1) is 12.5 Å². The van der Waals surface area contributed by atoms with E-state index < -0.39 is 28.1 Å². The number of fused-ring (bicyclic) bond motifs is 2. The van der Waals surface area contributed by atoms with E-state index in [9.17, 15) is 19.2 Å². The molecule has 4 amide bonds. The molecule has 2 bridgehead atoms. The molecule has 29 heavy (non-hydrogen) atoms. The minimum atomic E-state index is -0.971. The molecule has 0 spiro atoms. The Labute approximate surface area is 169 Å².